The fourth-order valence-corrected chi connectivity index (χ4v) is 1.52. The van der Waals surface area contributed by atoms with E-state index in [1.54, 1.807) is 0 Å². The second-order valence-electron chi connectivity index (χ2n) is 2.82. The molecule has 0 amide bonds. The number of aromatic hydroxyl groups is 1. The molecule has 0 heterocycles. The highest BCUT2D eigenvalue weighted by molar-refractivity contribution is 7.79. The van der Waals surface area contributed by atoms with Gasteiger partial charge in [-0.2, -0.15) is 0 Å². The van der Waals surface area contributed by atoms with Crippen LogP contribution in [-0.2, 0) is 15.8 Å². The molecule has 0 spiro atoms. The number of ether oxygens (including phenoxy) is 1. The second kappa shape index (κ2) is 4.89. The van der Waals surface area contributed by atoms with Crippen LogP contribution >= 0.6 is 0 Å². The third kappa shape index (κ3) is 2.57. The van der Waals surface area contributed by atoms with Gasteiger partial charge in [-0.1, -0.05) is 0 Å². The molecular weight excluding hydrogens is 254 g/mol. The third-order valence-electron chi connectivity index (χ3n) is 1.86. The average Bonchev–Trinajstić information content (AvgIpc) is 2.27. The minimum absolute atomic E-state index is 0.491. The first-order valence-electron chi connectivity index (χ1n) is 4.07. The fourth-order valence-electron chi connectivity index (χ4n) is 1.09. The summed E-state index contributed by atoms with van der Waals surface area (Å²) in [5.74, 6) is -2.01. The summed E-state index contributed by atoms with van der Waals surface area (Å²) in [5.41, 5.74) is -1.46. The Bertz CT molecular complexity index is 513. The summed E-state index contributed by atoms with van der Waals surface area (Å²) in [7, 11) is 0.994. The Morgan fingerprint density at radius 3 is 2.53 bits per heavy atom. The molecule has 8 nitrogen and oxygen atoms in total. The zero-order chi connectivity index (χ0) is 13.2. The van der Waals surface area contributed by atoms with Crippen molar-refractivity contribution in [2.45, 2.75) is 4.90 Å². The normalized spacial score (nSPS) is 11.9. The van der Waals surface area contributed by atoms with E-state index in [2.05, 4.69) is 4.74 Å². The number of benzene rings is 1. The van der Waals surface area contributed by atoms with Crippen molar-refractivity contribution in [3.05, 3.63) is 27.8 Å². The predicted molar refractivity (Wildman–Crippen MR) is 53.3 cm³/mol. The van der Waals surface area contributed by atoms with Gasteiger partial charge >= 0.3 is 11.7 Å². The second-order valence-corrected chi connectivity index (χ2v) is 3.76. The Labute approximate surface area is 97.3 Å². The molecule has 1 aromatic carbocycles. The summed E-state index contributed by atoms with van der Waals surface area (Å²) < 4.78 is 25.7. The first-order valence-corrected chi connectivity index (χ1v) is 5.15. The summed E-state index contributed by atoms with van der Waals surface area (Å²) in [4.78, 5) is 20.2. The molecule has 0 aliphatic heterocycles. The number of carbonyl (C=O) groups excluding carboxylic acids is 1. The fraction of sp³-hybridized carbons (Fsp3) is 0.125. The molecule has 0 aromatic heterocycles. The van der Waals surface area contributed by atoms with Crippen LogP contribution in [0.2, 0.25) is 0 Å². The quantitative estimate of drug-likeness (QED) is 0.358. The van der Waals surface area contributed by atoms with E-state index in [9.17, 15) is 28.8 Å². The van der Waals surface area contributed by atoms with Gasteiger partial charge in [0.15, 0.2) is 0 Å². The molecule has 1 aromatic rings. The van der Waals surface area contributed by atoms with E-state index >= 15 is 0 Å². The predicted octanol–water partition coefficient (Wildman–Crippen LogP) is 0.325. The van der Waals surface area contributed by atoms with Crippen LogP contribution in [0.3, 0.4) is 0 Å². The summed E-state index contributed by atoms with van der Waals surface area (Å²) in [6, 6.07) is 1.43. The van der Waals surface area contributed by atoms with Crippen molar-refractivity contribution < 1.29 is 28.3 Å². The Hall–Kier alpha value is -2.00. The summed E-state index contributed by atoms with van der Waals surface area (Å²) >= 11 is -2.77. The maximum atomic E-state index is 11.2. The van der Waals surface area contributed by atoms with Crippen molar-refractivity contribution in [2.75, 3.05) is 7.11 Å². The lowest BCUT2D eigenvalue weighted by atomic mass is 10.1. The largest absolute Gasteiger partial charge is 0.768 e. The first kappa shape index (κ1) is 13.1. The summed E-state index contributed by atoms with van der Waals surface area (Å²) in [5, 5.41) is 20.0. The van der Waals surface area contributed by atoms with Crippen LogP contribution in [0.15, 0.2) is 17.0 Å². The molecule has 1 N–H and O–H groups in total. The third-order valence-corrected chi connectivity index (χ3v) is 2.48. The number of methoxy groups -OCH3 is 1. The van der Waals surface area contributed by atoms with Crippen molar-refractivity contribution >= 4 is 22.7 Å². The average molecular weight is 260 g/mol. The van der Waals surface area contributed by atoms with E-state index < -0.39 is 43.9 Å². The lowest BCUT2D eigenvalue weighted by Gasteiger charge is -2.08. The molecule has 0 fully saturated rings. The molecule has 0 bridgehead atoms. The zero-order valence-corrected chi connectivity index (χ0v) is 9.22. The van der Waals surface area contributed by atoms with E-state index in [0.29, 0.717) is 6.07 Å². The first-order chi connectivity index (χ1) is 7.88. The standard InChI is InChI=1S/C8H7NO7S/c1-16-8(11)5-2-4(17(14)15)3-6(7(5)10)9(12)13/h2-3,10H,1H3,(H,14,15)/p-1. The van der Waals surface area contributed by atoms with Crippen molar-refractivity contribution in [1.82, 2.24) is 0 Å². The highest BCUT2D eigenvalue weighted by atomic mass is 32.2. The Morgan fingerprint density at radius 1 is 1.53 bits per heavy atom. The smallest absolute Gasteiger partial charge is 0.341 e. The van der Waals surface area contributed by atoms with Gasteiger partial charge < -0.3 is 14.4 Å². The van der Waals surface area contributed by atoms with Gasteiger partial charge in [-0.25, -0.2) is 4.79 Å². The van der Waals surface area contributed by atoms with Gasteiger partial charge in [-0.3, -0.25) is 14.3 Å². The van der Waals surface area contributed by atoms with Gasteiger partial charge in [0.1, 0.15) is 5.56 Å². The molecule has 92 valence electrons. The van der Waals surface area contributed by atoms with Crippen LogP contribution in [0.25, 0.3) is 0 Å². The molecule has 1 atom stereocenters. The van der Waals surface area contributed by atoms with Crippen molar-refractivity contribution in [2.24, 2.45) is 0 Å². The van der Waals surface area contributed by atoms with Gasteiger partial charge in [0.2, 0.25) is 5.75 Å². The number of phenolic OH excluding ortho intramolecular Hbond substituents is 1. The van der Waals surface area contributed by atoms with E-state index in [1.807, 2.05) is 0 Å². The lowest BCUT2D eigenvalue weighted by molar-refractivity contribution is -0.386. The van der Waals surface area contributed by atoms with Gasteiger partial charge in [-0.15, -0.1) is 0 Å². The van der Waals surface area contributed by atoms with E-state index in [0.717, 1.165) is 13.2 Å². The van der Waals surface area contributed by atoms with Gasteiger partial charge in [0.05, 0.1) is 12.0 Å². The van der Waals surface area contributed by atoms with Gasteiger partial charge in [0, 0.05) is 11.0 Å². The number of phenols is 1. The van der Waals surface area contributed by atoms with Crippen LogP contribution in [0.1, 0.15) is 10.4 Å². The van der Waals surface area contributed by atoms with Crippen LogP contribution in [0.4, 0.5) is 5.69 Å². The lowest BCUT2D eigenvalue weighted by Crippen LogP contribution is -2.05. The van der Waals surface area contributed by atoms with Crippen molar-refractivity contribution in [1.29, 1.82) is 0 Å². The molecule has 1 rings (SSSR count). The molecule has 1 unspecified atom stereocenters. The number of nitrogens with zero attached hydrogens (tertiary/aromatic N) is 1. The van der Waals surface area contributed by atoms with Gasteiger partial charge in [-0.05, 0) is 17.1 Å². The number of nitro groups is 1. The Morgan fingerprint density at radius 2 is 2.12 bits per heavy atom. The number of rotatable bonds is 3. The van der Waals surface area contributed by atoms with Crippen LogP contribution in [-0.4, -0.2) is 31.9 Å². The Balaban J connectivity index is 3.54. The Kier molecular flexibility index (Phi) is 3.76. The monoisotopic (exact) mass is 260 g/mol. The number of nitro benzene ring substituents is 1. The van der Waals surface area contributed by atoms with E-state index in [1.165, 1.54) is 0 Å². The molecule has 0 saturated carbocycles. The maximum absolute atomic E-state index is 11.2. The molecule has 0 saturated heterocycles. The summed E-state index contributed by atoms with van der Waals surface area (Å²) in [6.45, 7) is 0. The molecule has 9 heteroatoms. The van der Waals surface area contributed by atoms with Crippen molar-refractivity contribution in [3.63, 3.8) is 0 Å². The molecule has 17 heavy (non-hydrogen) atoms. The zero-order valence-electron chi connectivity index (χ0n) is 8.41. The SMILES string of the molecule is COC(=O)c1cc(S(=O)[O-])cc([N+](=O)[O-])c1O. The number of hydrogen-bond acceptors (Lipinski definition) is 7. The van der Waals surface area contributed by atoms with Crippen LogP contribution in [0, 0.1) is 10.1 Å². The number of esters is 1. The minimum Gasteiger partial charge on any atom is -0.768 e. The van der Waals surface area contributed by atoms with E-state index in [-0.39, 0.29) is 0 Å². The topological polar surface area (TPSA) is 130 Å². The van der Waals surface area contributed by atoms with Gasteiger partial charge in [0.25, 0.3) is 0 Å². The summed E-state index contributed by atoms with van der Waals surface area (Å²) in [6.07, 6.45) is 0. The maximum Gasteiger partial charge on any atom is 0.341 e. The van der Waals surface area contributed by atoms with Crippen LogP contribution < -0.4 is 0 Å². The highest BCUT2D eigenvalue weighted by Crippen LogP contribution is 2.32. The minimum atomic E-state index is -2.77. The molecular formula is C8H6NO7S-. The van der Waals surface area contributed by atoms with Crippen LogP contribution in [0.5, 0.6) is 5.75 Å². The number of carbonyl (C=O) groups is 1. The molecule has 0 aliphatic carbocycles. The molecule has 0 aliphatic rings. The highest BCUT2D eigenvalue weighted by Gasteiger charge is 2.23. The molecule has 0 radical (unpaired) electrons. The number of hydrogen-bond donors (Lipinski definition) is 1. The van der Waals surface area contributed by atoms with Crippen molar-refractivity contribution in [3.8, 4) is 5.75 Å². The van der Waals surface area contributed by atoms with E-state index in [4.69, 9.17) is 0 Å².